The summed E-state index contributed by atoms with van der Waals surface area (Å²) < 4.78 is 4.97. The van der Waals surface area contributed by atoms with E-state index in [1.54, 1.807) is 0 Å². The molecule has 2 N–H and O–H groups in total. The molecule has 0 bridgehead atoms. The average molecular weight is 265 g/mol. The fraction of sp³-hybridized carbons (Fsp3) is 0.714. The molecule has 1 aliphatic carbocycles. The van der Waals surface area contributed by atoms with Gasteiger partial charge in [0.25, 0.3) is 0 Å². The number of rotatable bonds is 5. The van der Waals surface area contributed by atoms with Crippen molar-refractivity contribution in [1.29, 1.82) is 0 Å². The third kappa shape index (κ3) is 3.80. The summed E-state index contributed by atoms with van der Waals surface area (Å²) in [6.45, 7) is 2.28. The summed E-state index contributed by atoms with van der Waals surface area (Å²) in [7, 11) is 1.96. The van der Waals surface area contributed by atoms with E-state index in [9.17, 15) is 4.79 Å². The topological polar surface area (TPSA) is 67.2 Å². The van der Waals surface area contributed by atoms with Crippen LogP contribution in [0.4, 0.5) is 0 Å². The van der Waals surface area contributed by atoms with Gasteiger partial charge in [0.2, 0.25) is 5.91 Å². The first-order chi connectivity index (χ1) is 9.13. The van der Waals surface area contributed by atoms with E-state index in [0.717, 1.165) is 24.3 Å². The van der Waals surface area contributed by atoms with Crippen molar-refractivity contribution in [2.75, 3.05) is 7.05 Å². The molecule has 1 saturated carbocycles. The summed E-state index contributed by atoms with van der Waals surface area (Å²) in [5.41, 5.74) is 0.759. The SMILES string of the molecule is CNC1(CC(=O)NCc2cc(C)on2)CCCCC1. The number of nitrogens with zero attached hydrogens (tertiary/aromatic N) is 1. The van der Waals surface area contributed by atoms with Crippen LogP contribution in [0.2, 0.25) is 0 Å². The summed E-state index contributed by atoms with van der Waals surface area (Å²) in [5, 5.41) is 10.1. The molecule has 5 heteroatoms. The molecule has 0 aromatic carbocycles. The Labute approximate surface area is 114 Å². The van der Waals surface area contributed by atoms with Crippen molar-refractivity contribution in [3.63, 3.8) is 0 Å². The smallest absolute Gasteiger partial charge is 0.222 e. The van der Waals surface area contributed by atoms with Crippen molar-refractivity contribution in [2.45, 2.75) is 57.5 Å². The van der Waals surface area contributed by atoms with E-state index >= 15 is 0 Å². The molecular weight excluding hydrogens is 242 g/mol. The van der Waals surface area contributed by atoms with Crippen molar-refractivity contribution in [1.82, 2.24) is 15.8 Å². The zero-order chi connectivity index (χ0) is 13.7. The van der Waals surface area contributed by atoms with E-state index < -0.39 is 0 Å². The Kier molecular flexibility index (Phi) is 4.58. The highest BCUT2D eigenvalue weighted by Gasteiger charge is 2.32. The standard InChI is InChI=1S/C14H23N3O2/c1-11-8-12(17-19-11)10-16-13(18)9-14(15-2)6-4-3-5-7-14/h8,15H,3-7,9-10H2,1-2H3,(H,16,18). The van der Waals surface area contributed by atoms with Gasteiger partial charge in [-0.2, -0.15) is 0 Å². The second-order valence-electron chi connectivity index (χ2n) is 5.47. The molecule has 1 aromatic heterocycles. The summed E-state index contributed by atoms with van der Waals surface area (Å²) >= 11 is 0. The first kappa shape index (κ1) is 14.1. The summed E-state index contributed by atoms with van der Waals surface area (Å²) in [6.07, 6.45) is 6.40. The van der Waals surface area contributed by atoms with Crippen LogP contribution >= 0.6 is 0 Å². The van der Waals surface area contributed by atoms with Gasteiger partial charge in [-0.25, -0.2) is 0 Å². The quantitative estimate of drug-likeness (QED) is 0.853. The first-order valence-electron chi connectivity index (χ1n) is 7.01. The number of carbonyl (C=O) groups excluding carboxylic acids is 1. The molecule has 0 saturated heterocycles. The van der Waals surface area contributed by atoms with Crippen LogP contribution in [-0.4, -0.2) is 23.7 Å². The van der Waals surface area contributed by atoms with Crippen LogP contribution in [0.25, 0.3) is 0 Å². The third-order valence-electron chi connectivity index (χ3n) is 3.98. The second kappa shape index (κ2) is 6.19. The summed E-state index contributed by atoms with van der Waals surface area (Å²) in [5.74, 6) is 0.847. The summed E-state index contributed by atoms with van der Waals surface area (Å²) in [4.78, 5) is 12.0. The Bertz CT molecular complexity index is 422. The largest absolute Gasteiger partial charge is 0.361 e. The predicted octanol–water partition coefficient (Wildman–Crippen LogP) is 1.91. The molecule has 1 amide bonds. The average Bonchev–Trinajstić information content (AvgIpc) is 2.83. The number of nitrogens with one attached hydrogen (secondary N) is 2. The number of carbonyl (C=O) groups is 1. The lowest BCUT2D eigenvalue weighted by Crippen LogP contribution is -2.48. The number of aryl methyl sites for hydroxylation is 1. The Balaban J connectivity index is 1.82. The van der Waals surface area contributed by atoms with Crippen LogP contribution in [-0.2, 0) is 11.3 Å². The fourth-order valence-electron chi connectivity index (χ4n) is 2.80. The van der Waals surface area contributed by atoms with Crippen LogP contribution in [0, 0.1) is 6.92 Å². The second-order valence-corrected chi connectivity index (χ2v) is 5.47. The van der Waals surface area contributed by atoms with Gasteiger partial charge >= 0.3 is 0 Å². The van der Waals surface area contributed by atoms with E-state index in [1.807, 2.05) is 20.0 Å². The van der Waals surface area contributed by atoms with Gasteiger partial charge in [-0.05, 0) is 26.8 Å². The monoisotopic (exact) mass is 265 g/mol. The summed E-state index contributed by atoms with van der Waals surface area (Å²) in [6, 6.07) is 1.84. The molecular formula is C14H23N3O2. The Hall–Kier alpha value is -1.36. The molecule has 106 valence electrons. The van der Waals surface area contributed by atoms with Crippen molar-refractivity contribution in [2.24, 2.45) is 0 Å². The van der Waals surface area contributed by atoms with E-state index in [0.29, 0.717) is 13.0 Å². The Morgan fingerprint density at radius 2 is 2.16 bits per heavy atom. The lowest BCUT2D eigenvalue weighted by molar-refractivity contribution is -0.123. The van der Waals surface area contributed by atoms with Crippen LogP contribution in [0.15, 0.2) is 10.6 Å². The van der Waals surface area contributed by atoms with Gasteiger partial charge in [0, 0.05) is 18.0 Å². The third-order valence-corrected chi connectivity index (χ3v) is 3.98. The molecule has 1 fully saturated rings. The molecule has 0 atom stereocenters. The number of amides is 1. The molecule has 0 aliphatic heterocycles. The molecule has 1 heterocycles. The van der Waals surface area contributed by atoms with Crippen molar-refractivity contribution < 1.29 is 9.32 Å². The molecule has 1 aromatic rings. The molecule has 19 heavy (non-hydrogen) atoms. The maximum Gasteiger partial charge on any atom is 0.222 e. The van der Waals surface area contributed by atoms with Crippen LogP contribution in [0.3, 0.4) is 0 Å². The van der Waals surface area contributed by atoms with Crippen molar-refractivity contribution in [3.8, 4) is 0 Å². The van der Waals surface area contributed by atoms with Gasteiger partial charge in [-0.1, -0.05) is 24.4 Å². The predicted molar refractivity (Wildman–Crippen MR) is 72.6 cm³/mol. The first-order valence-corrected chi connectivity index (χ1v) is 7.01. The molecule has 0 radical (unpaired) electrons. The molecule has 5 nitrogen and oxygen atoms in total. The normalized spacial score (nSPS) is 18.2. The molecule has 2 rings (SSSR count). The highest BCUT2D eigenvalue weighted by Crippen LogP contribution is 2.30. The van der Waals surface area contributed by atoms with Gasteiger partial charge < -0.3 is 15.2 Å². The number of hydrogen-bond acceptors (Lipinski definition) is 4. The van der Waals surface area contributed by atoms with Gasteiger partial charge in [-0.3, -0.25) is 4.79 Å². The molecule has 0 spiro atoms. The maximum absolute atomic E-state index is 12.0. The Morgan fingerprint density at radius 1 is 1.42 bits per heavy atom. The molecule has 0 unspecified atom stereocenters. The lowest BCUT2D eigenvalue weighted by atomic mass is 9.79. The minimum Gasteiger partial charge on any atom is -0.361 e. The Morgan fingerprint density at radius 3 is 2.74 bits per heavy atom. The lowest BCUT2D eigenvalue weighted by Gasteiger charge is -2.36. The van der Waals surface area contributed by atoms with Gasteiger partial charge in [0.05, 0.1) is 6.54 Å². The maximum atomic E-state index is 12.0. The van der Waals surface area contributed by atoms with Crippen molar-refractivity contribution in [3.05, 3.63) is 17.5 Å². The number of aromatic nitrogens is 1. The minimum atomic E-state index is -0.0118. The zero-order valence-electron chi connectivity index (χ0n) is 11.8. The van der Waals surface area contributed by atoms with Crippen LogP contribution in [0.1, 0.15) is 50.0 Å². The highest BCUT2D eigenvalue weighted by molar-refractivity contribution is 5.77. The van der Waals surface area contributed by atoms with Crippen LogP contribution in [0.5, 0.6) is 0 Å². The van der Waals surface area contributed by atoms with E-state index in [2.05, 4.69) is 15.8 Å². The van der Waals surface area contributed by atoms with Gasteiger partial charge in [0.15, 0.2) is 0 Å². The fourth-order valence-corrected chi connectivity index (χ4v) is 2.80. The zero-order valence-corrected chi connectivity index (χ0v) is 11.8. The minimum absolute atomic E-state index is 0.0118. The van der Waals surface area contributed by atoms with E-state index in [1.165, 1.54) is 19.3 Å². The van der Waals surface area contributed by atoms with Gasteiger partial charge in [-0.15, -0.1) is 0 Å². The van der Waals surface area contributed by atoms with Gasteiger partial charge in [0.1, 0.15) is 11.5 Å². The van der Waals surface area contributed by atoms with E-state index in [-0.39, 0.29) is 11.4 Å². The number of hydrogen-bond donors (Lipinski definition) is 2. The molecule has 1 aliphatic rings. The van der Waals surface area contributed by atoms with Crippen LogP contribution < -0.4 is 10.6 Å². The highest BCUT2D eigenvalue weighted by atomic mass is 16.5. The van der Waals surface area contributed by atoms with Crippen molar-refractivity contribution >= 4 is 5.91 Å². The van der Waals surface area contributed by atoms with E-state index in [4.69, 9.17) is 4.52 Å².